The first-order valence-corrected chi connectivity index (χ1v) is 10.6. The van der Waals surface area contributed by atoms with E-state index in [9.17, 15) is 9.59 Å². The number of carbonyl (C=O) groups is 2. The lowest BCUT2D eigenvalue weighted by atomic mass is 9.95. The van der Waals surface area contributed by atoms with Crippen molar-refractivity contribution >= 4 is 17.7 Å². The number of aliphatic carboxylic acids is 1. The van der Waals surface area contributed by atoms with Crippen molar-refractivity contribution in [2.75, 3.05) is 50.7 Å². The van der Waals surface area contributed by atoms with E-state index in [1.54, 1.807) is 0 Å². The number of piperidine rings is 2. The van der Waals surface area contributed by atoms with E-state index in [1.807, 2.05) is 29.4 Å². The van der Waals surface area contributed by atoms with Crippen molar-refractivity contribution in [3.8, 4) is 0 Å². The zero-order valence-electron chi connectivity index (χ0n) is 16.8. The lowest BCUT2D eigenvalue weighted by Crippen LogP contribution is -2.42. The van der Waals surface area contributed by atoms with E-state index in [0.717, 1.165) is 45.6 Å². The molecule has 8 heteroatoms. The van der Waals surface area contributed by atoms with Crippen LogP contribution in [0.15, 0.2) is 24.5 Å². The van der Waals surface area contributed by atoms with E-state index in [0.29, 0.717) is 31.8 Å². The van der Waals surface area contributed by atoms with Crippen molar-refractivity contribution in [3.63, 3.8) is 0 Å². The second-order valence-corrected chi connectivity index (χ2v) is 8.46. The quantitative estimate of drug-likeness (QED) is 0.778. The topological polar surface area (TPSA) is 86.2 Å². The van der Waals surface area contributed by atoms with Crippen molar-refractivity contribution in [2.45, 2.75) is 31.8 Å². The van der Waals surface area contributed by atoms with Gasteiger partial charge in [-0.05, 0) is 56.8 Å². The first-order valence-electron chi connectivity index (χ1n) is 10.6. The van der Waals surface area contributed by atoms with Gasteiger partial charge in [0.25, 0.3) is 0 Å². The second-order valence-electron chi connectivity index (χ2n) is 8.46. The number of nitrogens with zero attached hydrogens (tertiary/aromatic N) is 4. The molecule has 0 saturated carbocycles. The van der Waals surface area contributed by atoms with E-state index in [-0.39, 0.29) is 18.1 Å². The van der Waals surface area contributed by atoms with Crippen LogP contribution in [-0.2, 0) is 9.53 Å². The Morgan fingerprint density at radius 1 is 1.07 bits per heavy atom. The van der Waals surface area contributed by atoms with Gasteiger partial charge in [-0.15, -0.1) is 0 Å². The molecule has 4 rings (SSSR count). The number of carboxylic acid groups (broad SMARTS) is 1. The molecule has 1 aromatic heterocycles. The van der Waals surface area contributed by atoms with Crippen LogP contribution in [0, 0.1) is 11.8 Å². The Balaban J connectivity index is 1.20. The first kappa shape index (κ1) is 19.9. The molecule has 0 spiro atoms. The number of ether oxygens (including phenoxy) is 1. The Bertz CT molecular complexity index is 700. The molecule has 1 atom stereocenters. The van der Waals surface area contributed by atoms with Gasteiger partial charge in [-0.2, -0.15) is 0 Å². The van der Waals surface area contributed by atoms with Crippen LogP contribution in [0.2, 0.25) is 0 Å². The third kappa shape index (κ3) is 4.98. The molecule has 1 amide bonds. The van der Waals surface area contributed by atoms with Crippen LogP contribution in [0.3, 0.4) is 0 Å². The van der Waals surface area contributed by atoms with Crippen molar-refractivity contribution in [2.24, 2.45) is 11.8 Å². The molecular formula is C21H30N4O4. The summed E-state index contributed by atoms with van der Waals surface area (Å²) in [5.41, 5.74) is 1.21. The van der Waals surface area contributed by atoms with Gasteiger partial charge in [0.05, 0.1) is 12.5 Å². The number of aromatic nitrogens is 1. The zero-order valence-corrected chi connectivity index (χ0v) is 16.8. The largest absolute Gasteiger partial charge is 0.481 e. The minimum absolute atomic E-state index is 0.110. The summed E-state index contributed by atoms with van der Waals surface area (Å²) in [6.45, 7) is 5.63. The molecule has 8 nitrogen and oxygen atoms in total. The number of anilines is 1. The predicted molar refractivity (Wildman–Crippen MR) is 108 cm³/mol. The van der Waals surface area contributed by atoms with Crippen LogP contribution >= 0.6 is 0 Å². The van der Waals surface area contributed by atoms with Gasteiger partial charge in [-0.1, -0.05) is 0 Å². The molecule has 158 valence electrons. The standard InChI is InChI=1S/C21H30N4O4/c26-20(27)17-5-9-23(10-6-17)14-19-15-25(21(28)29-19)13-16-3-11-24(12-4-16)18-1-7-22-8-2-18/h1-2,7-8,16-17,19H,3-6,9-15H2,(H,26,27). The number of likely N-dealkylation sites (tertiary alicyclic amines) is 1. The van der Waals surface area contributed by atoms with Crippen LogP contribution in [0.4, 0.5) is 10.5 Å². The van der Waals surface area contributed by atoms with Crippen LogP contribution in [0.5, 0.6) is 0 Å². The van der Waals surface area contributed by atoms with Gasteiger partial charge in [0.15, 0.2) is 0 Å². The molecule has 1 N–H and O–H groups in total. The van der Waals surface area contributed by atoms with Gasteiger partial charge in [0, 0.05) is 44.3 Å². The molecule has 1 aromatic rings. The van der Waals surface area contributed by atoms with Crippen LogP contribution in [0.25, 0.3) is 0 Å². The highest BCUT2D eigenvalue weighted by Gasteiger charge is 2.35. The Labute approximate surface area is 171 Å². The highest BCUT2D eigenvalue weighted by atomic mass is 16.6. The average Bonchev–Trinajstić information content (AvgIpc) is 3.08. The summed E-state index contributed by atoms with van der Waals surface area (Å²) in [6, 6.07) is 4.09. The predicted octanol–water partition coefficient (Wildman–Crippen LogP) is 1.92. The lowest BCUT2D eigenvalue weighted by molar-refractivity contribution is -0.143. The molecule has 4 heterocycles. The van der Waals surface area contributed by atoms with Gasteiger partial charge >= 0.3 is 12.1 Å². The minimum atomic E-state index is -0.696. The van der Waals surface area contributed by atoms with Crippen LogP contribution in [-0.4, -0.2) is 83.9 Å². The van der Waals surface area contributed by atoms with Gasteiger partial charge < -0.3 is 19.6 Å². The van der Waals surface area contributed by atoms with Crippen molar-refractivity contribution < 1.29 is 19.4 Å². The third-order valence-electron chi connectivity index (χ3n) is 6.47. The maximum atomic E-state index is 12.3. The van der Waals surface area contributed by atoms with Crippen molar-refractivity contribution in [1.29, 1.82) is 0 Å². The summed E-state index contributed by atoms with van der Waals surface area (Å²) >= 11 is 0. The number of rotatable bonds is 6. The van der Waals surface area contributed by atoms with E-state index < -0.39 is 5.97 Å². The zero-order chi connectivity index (χ0) is 20.2. The fourth-order valence-electron chi connectivity index (χ4n) is 4.71. The smallest absolute Gasteiger partial charge is 0.410 e. The van der Waals surface area contributed by atoms with Crippen LogP contribution < -0.4 is 4.90 Å². The highest BCUT2D eigenvalue weighted by molar-refractivity contribution is 5.70. The number of amides is 1. The maximum Gasteiger partial charge on any atom is 0.410 e. The van der Waals surface area contributed by atoms with Crippen molar-refractivity contribution in [1.82, 2.24) is 14.8 Å². The summed E-state index contributed by atoms with van der Waals surface area (Å²) in [7, 11) is 0. The molecule has 0 aliphatic carbocycles. The second kappa shape index (κ2) is 8.98. The normalized spacial score (nSPS) is 24.7. The Kier molecular flexibility index (Phi) is 6.18. The number of carboxylic acids is 1. The minimum Gasteiger partial charge on any atom is -0.481 e. The molecule has 0 bridgehead atoms. The fraction of sp³-hybridized carbons (Fsp3) is 0.667. The number of cyclic esters (lactones) is 1. The van der Waals surface area contributed by atoms with Gasteiger partial charge in [0.1, 0.15) is 6.10 Å². The van der Waals surface area contributed by atoms with E-state index >= 15 is 0 Å². The van der Waals surface area contributed by atoms with Gasteiger partial charge in [-0.25, -0.2) is 4.79 Å². The fourth-order valence-corrected chi connectivity index (χ4v) is 4.71. The molecular weight excluding hydrogens is 372 g/mol. The number of hydrogen-bond donors (Lipinski definition) is 1. The number of hydrogen-bond acceptors (Lipinski definition) is 6. The monoisotopic (exact) mass is 402 g/mol. The Hall–Kier alpha value is -2.35. The first-order chi connectivity index (χ1) is 14.1. The van der Waals surface area contributed by atoms with E-state index in [2.05, 4.69) is 14.8 Å². The molecule has 3 aliphatic rings. The van der Waals surface area contributed by atoms with Gasteiger partial charge in [0.2, 0.25) is 0 Å². The van der Waals surface area contributed by atoms with E-state index in [4.69, 9.17) is 9.84 Å². The Morgan fingerprint density at radius 2 is 1.76 bits per heavy atom. The summed E-state index contributed by atoms with van der Waals surface area (Å²) in [6.07, 6.45) is 6.83. The summed E-state index contributed by atoms with van der Waals surface area (Å²) in [4.78, 5) is 33.9. The van der Waals surface area contributed by atoms with Gasteiger partial charge in [-0.3, -0.25) is 14.7 Å². The average molecular weight is 402 g/mol. The number of carbonyl (C=O) groups excluding carboxylic acids is 1. The molecule has 3 fully saturated rings. The maximum absolute atomic E-state index is 12.3. The summed E-state index contributed by atoms with van der Waals surface area (Å²) in [5.74, 6) is -0.421. The summed E-state index contributed by atoms with van der Waals surface area (Å²) in [5, 5.41) is 9.11. The third-order valence-corrected chi connectivity index (χ3v) is 6.47. The summed E-state index contributed by atoms with van der Waals surface area (Å²) < 4.78 is 5.59. The van der Waals surface area contributed by atoms with Crippen molar-refractivity contribution in [3.05, 3.63) is 24.5 Å². The molecule has 29 heavy (non-hydrogen) atoms. The van der Waals surface area contributed by atoms with Crippen LogP contribution in [0.1, 0.15) is 25.7 Å². The number of pyridine rings is 1. The highest BCUT2D eigenvalue weighted by Crippen LogP contribution is 2.25. The Morgan fingerprint density at radius 3 is 2.41 bits per heavy atom. The molecule has 0 aromatic carbocycles. The SMILES string of the molecule is O=C(O)C1CCN(CC2CN(CC3CCN(c4ccncc4)CC3)C(=O)O2)CC1. The van der Waals surface area contributed by atoms with E-state index in [1.165, 1.54) is 5.69 Å². The molecule has 0 radical (unpaired) electrons. The molecule has 1 unspecified atom stereocenters. The molecule has 3 aliphatic heterocycles. The lowest BCUT2D eigenvalue weighted by Gasteiger charge is -2.34. The molecule has 3 saturated heterocycles.